The lowest BCUT2D eigenvalue weighted by molar-refractivity contribution is -0.139. The summed E-state index contributed by atoms with van der Waals surface area (Å²) in [6, 6.07) is -0.366. The SMILES string of the molecule is CCCC(NC)C(=O)O.Cl. The Kier molecular flexibility index (Phi) is 8.48. The molecule has 0 bridgehead atoms. The van der Waals surface area contributed by atoms with Gasteiger partial charge in [-0.05, 0) is 13.5 Å². The molecule has 4 heteroatoms. The third-order valence-corrected chi connectivity index (χ3v) is 1.22. The molecule has 0 aliphatic heterocycles. The van der Waals surface area contributed by atoms with Gasteiger partial charge in [0.15, 0.2) is 0 Å². The molecule has 1 unspecified atom stereocenters. The molecule has 1 atom stereocenters. The zero-order chi connectivity index (χ0) is 7.28. The van der Waals surface area contributed by atoms with E-state index < -0.39 is 5.97 Å². The monoisotopic (exact) mass is 167 g/mol. The summed E-state index contributed by atoms with van der Waals surface area (Å²) < 4.78 is 0. The second-order valence-corrected chi connectivity index (χ2v) is 1.97. The maximum atomic E-state index is 10.3. The van der Waals surface area contributed by atoms with Gasteiger partial charge in [0, 0.05) is 0 Å². The van der Waals surface area contributed by atoms with E-state index in [0.717, 1.165) is 6.42 Å². The van der Waals surface area contributed by atoms with Gasteiger partial charge in [-0.3, -0.25) is 4.79 Å². The van der Waals surface area contributed by atoms with Crippen LogP contribution in [-0.4, -0.2) is 24.2 Å². The van der Waals surface area contributed by atoms with Crippen molar-refractivity contribution in [3.63, 3.8) is 0 Å². The molecule has 0 aliphatic carbocycles. The maximum absolute atomic E-state index is 10.3. The van der Waals surface area contributed by atoms with Gasteiger partial charge in [-0.15, -0.1) is 12.4 Å². The predicted octanol–water partition coefficient (Wildman–Crippen LogP) is 0.881. The minimum absolute atomic E-state index is 0. The van der Waals surface area contributed by atoms with E-state index in [9.17, 15) is 4.79 Å². The van der Waals surface area contributed by atoms with Crippen LogP contribution in [0.2, 0.25) is 0 Å². The number of carbonyl (C=O) groups is 1. The van der Waals surface area contributed by atoms with Crippen molar-refractivity contribution in [1.82, 2.24) is 5.32 Å². The Hall–Kier alpha value is -0.280. The molecule has 0 fully saturated rings. The minimum atomic E-state index is -0.764. The van der Waals surface area contributed by atoms with E-state index in [2.05, 4.69) is 5.32 Å². The first-order chi connectivity index (χ1) is 4.22. The van der Waals surface area contributed by atoms with Crippen molar-refractivity contribution in [2.75, 3.05) is 7.05 Å². The summed E-state index contributed by atoms with van der Waals surface area (Å²) in [5.41, 5.74) is 0. The minimum Gasteiger partial charge on any atom is -0.480 e. The van der Waals surface area contributed by atoms with E-state index >= 15 is 0 Å². The topological polar surface area (TPSA) is 49.3 Å². The number of carboxylic acids is 1. The fourth-order valence-corrected chi connectivity index (χ4v) is 0.680. The number of hydrogen-bond acceptors (Lipinski definition) is 2. The third-order valence-electron chi connectivity index (χ3n) is 1.22. The van der Waals surface area contributed by atoms with Crippen LogP contribution in [-0.2, 0) is 4.79 Å². The van der Waals surface area contributed by atoms with E-state index in [1.807, 2.05) is 6.92 Å². The second-order valence-electron chi connectivity index (χ2n) is 1.97. The van der Waals surface area contributed by atoms with Gasteiger partial charge in [0.25, 0.3) is 0 Å². The van der Waals surface area contributed by atoms with Crippen molar-refractivity contribution >= 4 is 18.4 Å². The average Bonchev–Trinajstić information content (AvgIpc) is 1.82. The molecule has 0 aromatic rings. The van der Waals surface area contributed by atoms with Crippen LogP contribution in [0.1, 0.15) is 19.8 Å². The Morgan fingerprint density at radius 2 is 2.20 bits per heavy atom. The largest absolute Gasteiger partial charge is 0.480 e. The number of likely N-dealkylation sites (N-methyl/N-ethyl adjacent to an activating group) is 1. The maximum Gasteiger partial charge on any atom is 0.320 e. The Morgan fingerprint density at radius 1 is 1.70 bits per heavy atom. The highest BCUT2D eigenvalue weighted by Crippen LogP contribution is 1.94. The summed E-state index contributed by atoms with van der Waals surface area (Å²) in [7, 11) is 1.66. The molecule has 0 rings (SSSR count). The van der Waals surface area contributed by atoms with Crippen LogP contribution in [0, 0.1) is 0 Å². The van der Waals surface area contributed by atoms with Crippen molar-refractivity contribution in [1.29, 1.82) is 0 Å². The van der Waals surface area contributed by atoms with Gasteiger partial charge in [-0.25, -0.2) is 0 Å². The van der Waals surface area contributed by atoms with Gasteiger partial charge in [-0.1, -0.05) is 13.3 Å². The first kappa shape index (κ1) is 12.4. The van der Waals surface area contributed by atoms with Crippen LogP contribution in [0.5, 0.6) is 0 Å². The van der Waals surface area contributed by atoms with Crippen molar-refractivity contribution < 1.29 is 9.90 Å². The fraction of sp³-hybridized carbons (Fsp3) is 0.833. The summed E-state index contributed by atoms with van der Waals surface area (Å²) in [6.07, 6.45) is 1.60. The van der Waals surface area contributed by atoms with Gasteiger partial charge in [0.1, 0.15) is 6.04 Å². The molecule has 10 heavy (non-hydrogen) atoms. The van der Waals surface area contributed by atoms with Crippen molar-refractivity contribution in [3.05, 3.63) is 0 Å². The van der Waals surface area contributed by atoms with E-state index in [4.69, 9.17) is 5.11 Å². The molecule has 0 aliphatic rings. The van der Waals surface area contributed by atoms with Gasteiger partial charge >= 0.3 is 5.97 Å². The molecule has 0 saturated heterocycles. The highest BCUT2D eigenvalue weighted by atomic mass is 35.5. The van der Waals surface area contributed by atoms with E-state index in [-0.39, 0.29) is 18.4 Å². The number of nitrogens with one attached hydrogen (secondary N) is 1. The normalized spacial score (nSPS) is 11.8. The Bertz CT molecular complexity index is 97.7. The van der Waals surface area contributed by atoms with E-state index in [1.54, 1.807) is 7.05 Å². The molecule has 3 nitrogen and oxygen atoms in total. The highest BCUT2D eigenvalue weighted by molar-refractivity contribution is 5.85. The highest BCUT2D eigenvalue weighted by Gasteiger charge is 2.11. The van der Waals surface area contributed by atoms with Crippen LogP contribution in [0.3, 0.4) is 0 Å². The van der Waals surface area contributed by atoms with Gasteiger partial charge in [-0.2, -0.15) is 0 Å². The number of aliphatic carboxylic acids is 1. The zero-order valence-electron chi connectivity index (χ0n) is 6.26. The van der Waals surface area contributed by atoms with Crippen LogP contribution in [0.15, 0.2) is 0 Å². The zero-order valence-corrected chi connectivity index (χ0v) is 7.07. The lowest BCUT2D eigenvalue weighted by atomic mass is 10.2. The lowest BCUT2D eigenvalue weighted by Crippen LogP contribution is -2.33. The summed E-state index contributed by atoms with van der Waals surface area (Å²) in [4.78, 5) is 10.3. The van der Waals surface area contributed by atoms with Gasteiger partial charge < -0.3 is 10.4 Å². The number of carboxylic acid groups (broad SMARTS) is 1. The van der Waals surface area contributed by atoms with Crippen molar-refractivity contribution in [2.45, 2.75) is 25.8 Å². The predicted molar refractivity (Wildman–Crippen MR) is 42.6 cm³/mol. The quantitative estimate of drug-likeness (QED) is 0.654. The first-order valence-corrected chi connectivity index (χ1v) is 3.12. The standard InChI is InChI=1S/C6H13NO2.ClH/c1-3-4-5(7-2)6(8)9;/h5,7H,3-4H2,1-2H3,(H,8,9);1H. The molecular formula is C6H14ClNO2. The molecule has 0 spiro atoms. The van der Waals surface area contributed by atoms with Crippen LogP contribution < -0.4 is 5.32 Å². The molecule has 2 N–H and O–H groups in total. The molecule has 0 amide bonds. The Morgan fingerprint density at radius 3 is 2.30 bits per heavy atom. The molecular weight excluding hydrogens is 154 g/mol. The average molecular weight is 168 g/mol. The first-order valence-electron chi connectivity index (χ1n) is 3.12. The Labute approximate surface area is 67.2 Å². The van der Waals surface area contributed by atoms with Crippen LogP contribution in [0.4, 0.5) is 0 Å². The molecule has 62 valence electrons. The molecule has 0 saturated carbocycles. The van der Waals surface area contributed by atoms with Crippen LogP contribution in [0.25, 0.3) is 0 Å². The molecule has 0 aromatic carbocycles. The number of halogens is 1. The van der Waals surface area contributed by atoms with E-state index in [0.29, 0.717) is 6.42 Å². The summed E-state index contributed by atoms with van der Waals surface area (Å²) in [6.45, 7) is 1.97. The molecule has 0 heterocycles. The Balaban J connectivity index is 0. The molecule has 0 radical (unpaired) electrons. The fourth-order valence-electron chi connectivity index (χ4n) is 0.680. The second kappa shape index (κ2) is 6.83. The van der Waals surface area contributed by atoms with Crippen molar-refractivity contribution in [2.24, 2.45) is 0 Å². The summed E-state index contributed by atoms with van der Waals surface area (Å²) in [5.74, 6) is -0.764. The summed E-state index contributed by atoms with van der Waals surface area (Å²) in [5, 5.41) is 11.1. The van der Waals surface area contributed by atoms with Gasteiger partial charge in [0.2, 0.25) is 0 Å². The van der Waals surface area contributed by atoms with Crippen molar-refractivity contribution in [3.8, 4) is 0 Å². The smallest absolute Gasteiger partial charge is 0.320 e. The summed E-state index contributed by atoms with van der Waals surface area (Å²) >= 11 is 0. The number of hydrogen-bond donors (Lipinski definition) is 2. The third kappa shape index (κ3) is 4.58. The van der Waals surface area contributed by atoms with Gasteiger partial charge in [0.05, 0.1) is 0 Å². The van der Waals surface area contributed by atoms with E-state index in [1.165, 1.54) is 0 Å². The lowest BCUT2D eigenvalue weighted by Gasteiger charge is -2.07. The molecule has 0 aromatic heterocycles. The van der Waals surface area contributed by atoms with Crippen LogP contribution >= 0.6 is 12.4 Å². The number of rotatable bonds is 4.